The van der Waals surface area contributed by atoms with Crippen molar-refractivity contribution in [2.75, 3.05) is 13.1 Å². The van der Waals surface area contributed by atoms with Gasteiger partial charge in [0.05, 0.1) is 11.0 Å². The van der Waals surface area contributed by atoms with Gasteiger partial charge in [-0.05, 0) is 55.9 Å². The summed E-state index contributed by atoms with van der Waals surface area (Å²) < 4.78 is 8.35. The number of hydrogen-bond acceptors (Lipinski definition) is 3. The van der Waals surface area contributed by atoms with Crippen molar-refractivity contribution in [2.45, 2.75) is 64.1 Å². The summed E-state index contributed by atoms with van der Waals surface area (Å²) in [6.45, 7) is 3.00. The summed E-state index contributed by atoms with van der Waals surface area (Å²) >= 11 is 0. The summed E-state index contributed by atoms with van der Waals surface area (Å²) in [7, 11) is 0. The van der Waals surface area contributed by atoms with E-state index in [1.54, 1.807) is 0 Å². The molecule has 2 aromatic carbocycles. The number of urea groups is 1. The molecular weight excluding hydrogens is 412 g/mol. The summed E-state index contributed by atoms with van der Waals surface area (Å²) in [5, 5.41) is 3.27. The minimum Gasteiger partial charge on any atom is -0.486 e. The summed E-state index contributed by atoms with van der Waals surface area (Å²) in [4.78, 5) is 19.6. The van der Waals surface area contributed by atoms with Gasteiger partial charge in [0, 0.05) is 25.7 Å². The van der Waals surface area contributed by atoms with Crippen LogP contribution < -0.4 is 10.1 Å². The van der Waals surface area contributed by atoms with Crippen LogP contribution in [0.3, 0.4) is 0 Å². The first-order valence-electron chi connectivity index (χ1n) is 12.4. The topological polar surface area (TPSA) is 59.4 Å². The minimum atomic E-state index is 0.130. The van der Waals surface area contributed by atoms with Crippen LogP contribution in [0.2, 0.25) is 0 Å². The van der Waals surface area contributed by atoms with E-state index >= 15 is 0 Å². The monoisotopic (exact) mass is 446 g/mol. The molecule has 2 fully saturated rings. The third-order valence-corrected chi connectivity index (χ3v) is 7.12. The van der Waals surface area contributed by atoms with Gasteiger partial charge in [0.2, 0.25) is 0 Å². The van der Waals surface area contributed by atoms with Gasteiger partial charge in [0.1, 0.15) is 18.2 Å². The molecule has 6 heteroatoms. The van der Waals surface area contributed by atoms with Gasteiger partial charge < -0.3 is 19.5 Å². The van der Waals surface area contributed by atoms with Crippen LogP contribution >= 0.6 is 0 Å². The standard InChI is InChI=1S/C27H34N4O2/c32-27(28-22-9-3-1-4-10-22)30-17-15-21(16-18-30)19-31-25-14-8-7-13-24(25)29-26(31)20-33-23-11-5-2-6-12-23/h2,5-8,11-14,21-22H,1,3-4,9-10,15-20H2,(H,28,32). The smallest absolute Gasteiger partial charge is 0.317 e. The number of benzene rings is 2. The summed E-state index contributed by atoms with van der Waals surface area (Å²) in [5.41, 5.74) is 2.16. The average Bonchev–Trinajstić information content (AvgIpc) is 3.21. The third kappa shape index (κ3) is 5.32. The van der Waals surface area contributed by atoms with Crippen LogP contribution in [0.4, 0.5) is 4.79 Å². The highest BCUT2D eigenvalue weighted by atomic mass is 16.5. The lowest BCUT2D eigenvalue weighted by Crippen LogP contribution is -2.48. The first-order valence-corrected chi connectivity index (χ1v) is 12.4. The molecule has 2 heterocycles. The van der Waals surface area contributed by atoms with Gasteiger partial charge in [-0.1, -0.05) is 49.6 Å². The van der Waals surface area contributed by atoms with Crippen molar-refractivity contribution >= 4 is 17.1 Å². The van der Waals surface area contributed by atoms with Crippen molar-refractivity contribution < 1.29 is 9.53 Å². The first-order chi connectivity index (χ1) is 16.3. The highest BCUT2D eigenvalue weighted by Crippen LogP contribution is 2.25. The van der Waals surface area contributed by atoms with E-state index in [4.69, 9.17) is 9.72 Å². The summed E-state index contributed by atoms with van der Waals surface area (Å²) in [6, 6.07) is 18.7. The van der Waals surface area contributed by atoms with Crippen LogP contribution in [0.15, 0.2) is 54.6 Å². The predicted octanol–water partition coefficient (Wildman–Crippen LogP) is 5.37. The Morgan fingerprint density at radius 3 is 2.45 bits per heavy atom. The van der Waals surface area contributed by atoms with E-state index in [1.807, 2.05) is 41.3 Å². The third-order valence-electron chi connectivity index (χ3n) is 7.12. The molecule has 1 aromatic heterocycles. The van der Waals surface area contributed by atoms with Gasteiger partial charge in [-0.3, -0.25) is 0 Å². The minimum absolute atomic E-state index is 0.130. The van der Waals surface area contributed by atoms with E-state index in [-0.39, 0.29) is 6.03 Å². The summed E-state index contributed by atoms with van der Waals surface area (Å²) in [5.74, 6) is 2.34. The fraction of sp³-hybridized carbons (Fsp3) is 0.481. The molecule has 6 nitrogen and oxygen atoms in total. The molecule has 0 radical (unpaired) electrons. The van der Waals surface area contributed by atoms with E-state index in [0.717, 1.165) is 67.9 Å². The number of rotatable bonds is 6. The van der Waals surface area contributed by atoms with Crippen molar-refractivity contribution in [3.63, 3.8) is 0 Å². The van der Waals surface area contributed by atoms with Crippen LogP contribution in [0.1, 0.15) is 50.8 Å². The Morgan fingerprint density at radius 2 is 1.67 bits per heavy atom. The molecule has 1 aliphatic heterocycles. The second kappa shape index (κ2) is 10.3. The Balaban J connectivity index is 1.21. The zero-order chi connectivity index (χ0) is 22.5. The first kappa shape index (κ1) is 21.8. The molecule has 33 heavy (non-hydrogen) atoms. The maximum atomic E-state index is 12.7. The lowest BCUT2D eigenvalue weighted by Gasteiger charge is -2.34. The molecule has 2 aliphatic rings. The van der Waals surface area contributed by atoms with Crippen LogP contribution in [0.25, 0.3) is 11.0 Å². The number of ether oxygens (including phenoxy) is 1. The predicted molar refractivity (Wildman–Crippen MR) is 130 cm³/mol. The van der Waals surface area contributed by atoms with Gasteiger partial charge in [-0.25, -0.2) is 9.78 Å². The van der Waals surface area contributed by atoms with Crippen LogP contribution in [0.5, 0.6) is 5.75 Å². The van der Waals surface area contributed by atoms with Gasteiger partial charge >= 0.3 is 6.03 Å². The number of nitrogens with one attached hydrogen (secondary N) is 1. The molecule has 2 amide bonds. The van der Waals surface area contributed by atoms with Crippen LogP contribution in [-0.4, -0.2) is 39.6 Å². The van der Waals surface area contributed by atoms with Gasteiger partial charge in [0.25, 0.3) is 0 Å². The molecule has 1 saturated heterocycles. The van der Waals surface area contributed by atoms with Gasteiger partial charge in [-0.15, -0.1) is 0 Å². The van der Waals surface area contributed by atoms with Crippen molar-refractivity contribution in [2.24, 2.45) is 5.92 Å². The molecule has 1 aliphatic carbocycles. The Bertz CT molecular complexity index is 1050. The average molecular weight is 447 g/mol. The molecule has 3 aromatic rings. The van der Waals surface area contributed by atoms with E-state index in [0.29, 0.717) is 18.6 Å². The maximum Gasteiger partial charge on any atom is 0.317 e. The van der Waals surface area contributed by atoms with Crippen molar-refractivity contribution in [1.29, 1.82) is 0 Å². The van der Waals surface area contributed by atoms with Crippen LogP contribution in [-0.2, 0) is 13.2 Å². The largest absolute Gasteiger partial charge is 0.486 e. The SMILES string of the molecule is O=C(NC1CCCCC1)N1CCC(Cn2c(COc3ccccc3)nc3ccccc32)CC1. The molecule has 0 bridgehead atoms. The van der Waals surface area contributed by atoms with E-state index in [1.165, 1.54) is 19.3 Å². The van der Waals surface area contributed by atoms with Crippen LogP contribution in [0, 0.1) is 5.92 Å². The van der Waals surface area contributed by atoms with E-state index in [9.17, 15) is 4.79 Å². The van der Waals surface area contributed by atoms with E-state index < -0.39 is 0 Å². The Morgan fingerprint density at radius 1 is 0.939 bits per heavy atom. The molecule has 0 atom stereocenters. The normalized spacial score (nSPS) is 17.9. The van der Waals surface area contributed by atoms with Gasteiger partial charge in [0.15, 0.2) is 0 Å². The molecule has 1 saturated carbocycles. The second-order valence-corrected chi connectivity index (χ2v) is 9.44. The van der Waals surface area contributed by atoms with Crippen molar-refractivity contribution in [3.05, 3.63) is 60.4 Å². The highest BCUT2D eigenvalue weighted by molar-refractivity contribution is 5.76. The Hall–Kier alpha value is -3.02. The number of carbonyl (C=O) groups is 1. The lowest BCUT2D eigenvalue weighted by molar-refractivity contribution is 0.159. The molecular formula is C27H34N4O2. The van der Waals surface area contributed by atoms with E-state index in [2.05, 4.69) is 28.1 Å². The number of imidazole rings is 1. The quantitative estimate of drug-likeness (QED) is 0.554. The lowest BCUT2D eigenvalue weighted by atomic mass is 9.95. The number of likely N-dealkylation sites (tertiary alicyclic amines) is 1. The number of carbonyl (C=O) groups excluding carboxylic acids is 1. The number of piperidine rings is 1. The number of aromatic nitrogens is 2. The highest BCUT2D eigenvalue weighted by Gasteiger charge is 2.26. The number of para-hydroxylation sites is 3. The fourth-order valence-corrected chi connectivity index (χ4v) is 5.19. The molecule has 0 unspecified atom stereocenters. The molecule has 0 spiro atoms. The molecule has 1 N–H and O–H groups in total. The maximum absolute atomic E-state index is 12.7. The Kier molecular flexibility index (Phi) is 6.79. The second-order valence-electron chi connectivity index (χ2n) is 9.44. The zero-order valence-electron chi connectivity index (χ0n) is 19.3. The number of amides is 2. The Labute approximate surface area is 195 Å². The van der Waals surface area contributed by atoms with Crippen molar-refractivity contribution in [3.8, 4) is 5.75 Å². The van der Waals surface area contributed by atoms with Crippen molar-refractivity contribution in [1.82, 2.24) is 19.8 Å². The molecule has 5 rings (SSSR count). The summed E-state index contributed by atoms with van der Waals surface area (Å²) in [6.07, 6.45) is 8.07. The number of hydrogen-bond donors (Lipinski definition) is 1. The number of nitrogens with zero attached hydrogens (tertiary/aromatic N) is 3. The number of fused-ring (bicyclic) bond motifs is 1. The fourth-order valence-electron chi connectivity index (χ4n) is 5.19. The van der Waals surface area contributed by atoms with Gasteiger partial charge in [-0.2, -0.15) is 0 Å². The zero-order valence-corrected chi connectivity index (χ0v) is 19.3. The molecule has 174 valence electrons.